The quantitative estimate of drug-likeness (QED) is 0.790. The van der Waals surface area contributed by atoms with E-state index in [0.717, 1.165) is 6.42 Å². The van der Waals surface area contributed by atoms with Gasteiger partial charge in [-0.25, -0.2) is 4.79 Å². The molecule has 6 nitrogen and oxygen atoms in total. The van der Waals surface area contributed by atoms with Gasteiger partial charge in [-0.15, -0.1) is 0 Å². The van der Waals surface area contributed by atoms with Gasteiger partial charge in [-0.3, -0.25) is 9.48 Å². The molecule has 2 aromatic heterocycles. The van der Waals surface area contributed by atoms with E-state index in [1.165, 1.54) is 0 Å². The highest BCUT2D eigenvalue weighted by Crippen LogP contribution is 2.13. The standard InChI is InChI=1S/C15H21N3O3/c1-5-21-15(20)12-9-18(7-6-10(2)3)14-11(13(12)19)8-17(4)16-14/h8-10H,5-7H2,1-4H3. The average Bonchev–Trinajstić information content (AvgIpc) is 2.80. The first-order valence-electron chi connectivity index (χ1n) is 7.18. The second-order valence-corrected chi connectivity index (χ2v) is 5.51. The first-order valence-corrected chi connectivity index (χ1v) is 7.18. The minimum Gasteiger partial charge on any atom is -0.462 e. The molecule has 0 spiro atoms. The zero-order valence-electron chi connectivity index (χ0n) is 12.9. The molecule has 21 heavy (non-hydrogen) atoms. The summed E-state index contributed by atoms with van der Waals surface area (Å²) in [7, 11) is 1.76. The number of hydrogen-bond acceptors (Lipinski definition) is 4. The summed E-state index contributed by atoms with van der Waals surface area (Å²) < 4.78 is 8.42. The highest BCUT2D eigenvalue weighted by molar-refractivity contribution is 5.92. The van der Waals surface area contributed by atoms with Crippen LogP contribution in [-0.4, -0.2) is 26.9 Å². The molecule has 2 aromatic rings. The molecule has 0 N–H and O–H groups in total. The summed E-state index contributed by atoms with van der Waals surface area (Å²) in [6.07, 6.45) is 4.15. The Morgan fingerprint density at radius 2 is 2.10 bits per heavy atom. The number of aromatic nitrogens is 3. The molecule has 0 unspecified atom stereocenters. The van der Waals surface area contributed by atoms with Crippen LogP contribution in [0.3, 0.4) is 0 Å². The van der Waals surface area contributed by atoms with Gasteiger partial charge < -0.3 is 9.30 Å². The fraction of sp³-hybridized carbons (Fsp3) is 0.533. The summed E-state index contributed by atoms with van der Waals surface area (Å²) in [6, 6.07) is 0. The Kier molecular flexibility index (Phi) is 4.45. The van der Waals surface area contributed by atoms with Crippen molar-refractivity contribution < 1.29 is 9.53 Å². The summed E-state index contributed by atoms with van der Waals surface area (Å²) >= 11 is 0. The second kappa shape index (κ2) is 6.11. The van der Waals surface area contributed by atoms with Gasteiger partial charge in [0, 0.05) is 26.0 Å². The maximum Gasteiger partial charge on any atom is 0.343 e. The van der Waals surface area contributed by atoms with Crippen molar-refractivity contribution >= 4 is 17.0 Å². The molecular weight excluding hydrogens is 270 g/mol. The number of nitrogens with zero attached hydrogens (tertiary/aromatic N) is 3. The van der Waals surface area contributed by atoms with Crippen molar-refractivity contribution in [2.24, 2.45) is 13.0 Å². The maximum absolute atomic E-state index is 12.4. The number of carbonyl (C=O) groups is 1. The van der Waals surface area contributed by atoms with E-state index in [4.69, 9.17) is 4.74 Å². The molecule has 0 saturated heterocycles. The Morgan fingerprint density at radius 3 is 2.71 bits per heavy atom. The molecule has 0 aliphatic rings. The normalized spacial score (nSPS) is 11.3. The van der Waals surface area contributed by atoms with E-state index in [2.05, 4.69) is 18.9 Å². The summed E-state index contributed by atoms with van der Waals surface area (Å²) in [5.74, 6) is -0.0548. The van der Waals surface area contributed by atoms with Gasteiger partial charge >= 0.3 is 5.97 Å². The van der Waals surface area contributed by atoms with Gasteiger partial charge in [-0.1, -0.05) is 13.8 Å². The molecule has 0 atom stereocenters. The van der Waals surface area contributed by atoms with Crippen LogP contribution in [0.2, 0.25) is 0 Å². The molecule has 2 heterocycles. The number of fused-ring (bicyclic) bond motifs is 1. The van der Waals surface area contributed by atoms with Crippen molar-refractivity contribution in [2.75, 3.05) is 6.61 Å². The molecule has 0 bridgehead atoms. The van der Waals surface area contributed by atoms with E-state index in [1.807, 2.05) is 4.57 Å². The Hall–Kier alpha value is -2.11. The molecule has 114 valence electrons. The van der Waals surface area contributed by atoms with Crippen LogP contribution in [-0.2, 0) is 18.3 Å². The van der Waals surface area contributed by atoms with Crippen LogP contribution in [0, 0.1) is 5.92 Å². The Labute approximate surface area is 123 Å². The summed E-state index contributed by atoms with van der Waals surface area (Å²) in [4.78, 5) is 24.3. The SMILES string of the molecule is CCOC(=O)c1cn(CCC(C)C)c2nn(C)cc2c1=O. The lowest BCUT2D eigenvalue weighted by molar-refractivity contribution is 0.0524. The average molecular weight is 291 g/mol. The zero-order chi connectivity index (χ0) is 15.6. The van der Waals surface area contributed by atoms with E-state index in [-0.39, 0.29) is 17.6 Å². The molecule has 0 aliphatic heterocycles. The number of aryl methyl sites for hydroxylation is 2. The van der Waals surface area contributed by atoms with Crippen LogP contribution in [0.1, 0.15) is 37.6 Å². The van der Waals surface area contributed by atoms with E-state index in [1.54, 1.807) is 31.0 Å². The summed E-state index contributed by atoms with van der Waals surface area (Å²) in [6.45, 7) is 6.93. The minimum atomic E-state index is -0.577. The smallest absolute Gasteiger partial charge is 0.343 e. The van der Waals surface area contributed by atoms with Crippen LogP contribution in [0.5, 0.6) is 0 Å². The number of pyridine rings is 1. The zero-order valence-corrected chi connectivity index (χ0v) is 12.9. The van der Waals surface area contributed by atoms with Crippen molar-refractivity contribution in [3.05, 3.63) is 28.2 Å². The van der Waals surface area contributed by atoms with E-state index < -0.39 is 5.97 Å². The Bertz CT molecular complexity index is 713. The van der Waals surface area contributed by atoms with E-state index in [9.17, 15) is 9.59 Å². The number of ether oxygens (including phenoxy) is 1. The van der Waals surface area contributed by atoms with Crippen molar-refractivity contribution in [2.45, 2.75) is 33.7 Å². The Morgan fingerprint density at radius 1 is 1.38 bits per heavy atom. The van der Waals surface area contributed by atoms with Gasteiger partial charge in [-0.05, 0) is 19.3 Å². The third-order valence-electron chi connectivity index (χ3n) is 3.30. The van der Waals surface area contributed by atoms with Crippen LogP contribution in [0.15, 0.2) is 17.2 Å². The molecule has 0 fully saturated rings. The van der Waals surface area contributed by atoms with Gasteiger partial charge in [0.15, 0.2) is 5.65 Å². The number of carbonyl (C=O) groups excluding carboxylic acids is 1. The molecule has 0 saturated carbocycles. The first kappa shape index (κ1) is 15.3. The van der Waals surface area contributed by atoms with Gasteiger partial charge in [-0.2, -0.15) is 5.10 Å². The third kappa shape index (κ3) is 3.15. The van der Waals surface area contributed by atoms with Crippen molar-refractivity contribution in [1.29, 1.82) is 0 Å². The molecule has 0 radical (unpaired) electrons. The van der Waals surface area contributed by atoms with Crippen molar-refractivity contribution in [1.82, 2.24) is 14.3 Å². The fourth-order valence-corrected chi connectivity index (χ4v) is 2.19. The Balaban J connectivity index is 2.57. The van der Waals surface area contributed by atoms with Crippen molar-refractivity contribution in [3.8, 4) is 0 Å². The summed E-state index contributed by atoms with van der Waals surface area (Å²) in [5, 5.41) is 4.78. The lowest BCUT2D eigenvalue weighted by Crippen LogP contribution is -2.20. The largest absolute Gasteiger partial charge is 0.462 e. The number of rotatable bonds is 5. The maximum atomic E-state index is 12.4. The molecule has 0 aliphatic carbocycles. The molecule has 6 heteroatoms. The predicted octanol–water partition coefficient (Wildman–Crippen LogP) is 1.96. The first-order chi connectivity index (χ1) is 9.93. The monoisotopic (exact) mass is 291 g/mol. The lowest BCUT2D eigenvalue weighted by Gasteiger charge is -2.11. The summed E-state index contributed by atoms with van der Waals surface area (Å²) in [5.41, 5.74) is 0.356. The number of esters is 1. The highest BCUT2D eigenvalue weighted by atomic mass is 16.5. The number of hydrogen-bond donors (Lipinski definition) is 0. The van der Waals surface area contributed by atoms with Crippen LogP contribution in [0.25, 0.3) is 11.0 Å². The van der Waals surface area contributed by atoms with Gasteiger partial charge in [0.1, 0.15) is 5.56 Å². The van der Waals surface area contributed by atoms with Crippen LogP contribution >= 0.6 is 0 Å². The molecule has 0 aromatic carbocycles. The lowest BCUT2D eigenvalue weighted by atomic mass is 10.1. The fourth-order valence-electron chi connectivity index (χ4n) is 2.19. The molecule has 2 rings (SSSR count). The molecule has 0 amide bonds. The molecular formula is C15H21N3O3. The van der Waals surface area contributed by atoms with Crippen LogP contribution < -0.4 is 5.43 Å². The predicted molar refractivity (Wildman–Crippen MR) is 80.4 cm³/mol. The highest BCUT2D eigenvalue weighted by Gasteiger charge is 2.18. The van der Waals surface area contributed by atoms with Gasteiger partial charge in [0.05, 0.1) is 12.0 Å². The van der Waals surface area contributed by atoms with Gasteiger partial charge in [0.2, 0.25) is 5.43 Å². The van der Waals surface area contributed by atoms with E-state index in [0.29, 0.717) is 23.5 Å². The second-order valence-electron chi connectivity index (χ2n) is 5.51. The topological polar surface area (TPSA) is 66.1 Å². The van der Waals surface area contributed by atoms with Crippen LogP contribution in [0.4, 0.5) is 0 Å². The third-order valence-corrected chi connectivity index (χ3v) is 3.30. The van der Waals surface area contributed by atoms with Gasteiger partial charge in [0.25, 0.3) is 0 Å². The van der Waals surface area contributed by atoms with Crippen molar-refractivity contribution in [3.63, 3.8) is 0 Å². The minimum absolute atomic E-state index is 0.0705. The van der Waals surface area contributed by atoms with E-state index >= 15 is 0 Å².